The van der Waals surface area contributed by atoms with E-state index in [0.717, 1.165) is 41.1 Å². The van der Waals surface area contributed by atoms with Crippen LogP contribution in [0.5, 0.6) is 0 Å². The van der Waals surface area contributed by atoms with Crippen LogP contribution in [0.15, 0.2) is 30.5 Å². The number of sulfone groups is 1. The zero-order chi connectivity index (χ0) is 21.8. The third-order valence-corrected chi connectivity index (χ3v) is 8.27. The number of aromatic amines is 1. The summed E-state index contributed by atoms with van der Waals surface area (Å²) < 4.78 is 25.7. The Balaban J connectivity index is 1.30. The molecule has 2 aromatic heterocycles. The molecule has 31 heavy (non-hydrogen) atoms. The van der Waals surface area contributed by atoms with Crippen LogP contribution in [0.4, 0.5) is 5.69 Å². The van der Waals surface area contributed by atoms with Crippen molar-refractivity contribution in [3.8, 4) is 0 Å². The second kappa shape index (κ2) is 7.40. The number of nitrogens with one attached hydrogen (secondary N) is 1. The standard InChI is InChI=1S/C22H27N5O3S/c1-15-21(16(2)27(24-15)19-6-12-31(29,30)14-19)25-8-10-26(11-9-25)22(28)18-3-4-20-17(13-18)5-7-23-20/h3-5,7,13,19,23H,6,8-12,14H2,1-2H3. The second-order valence-corrected chi connectivity index (χ2v) is 10.8. The van der Waals surface area contributed by atoms with Crippen molar-refractivity contribution in [1.82, 2.24) is 19.7 Å². The molecule has 1 unspecified atom stereocenters. The number of anilines is 1. The van der Waals surface area contributed by atoms with E-state index in [4.69, 9.17) is 0 Å². The maximum absolute atomic E-state index is 13.0. The number of carbonyl (C=O) groups excluding carboxylic acids is 1. The third kappa shape index (κ3) is 3.60. The van der Waals surface area contributed by atoms with Crippen molar-refractivity contribution < 1.29 is 13.2 Å². The normalized spacial score (nSPS) is 21.2. The first-order valence-corrected chi connectivity index (χ1v) is 12.5. The Bertz CT molecular complexity index is 1250. The number of carbonyl (C=O) groups is 1. The minimum atomic E-state index is -2.96. The van der Waals surface area contributed by atoms with Gasteiger partial charge in [-0.15, -0.1) is 0 Å². The summed E-state index contributed by atoms with van der Waals surface area (Å²) >= 11 is 0. The summed E-state index contributed by atoms with van der Waals surface area (Å²) in [5.74, 6) is 0.464. The lowest BCUT2D eigenvalue weighted by Crippen LogP contribution is -2.49. The number of aromatic nitrogens is 3. The van der Waals surface area contributed by atoms with E-state index >= 15 is 0 Å². The molecule has 0 saturated carbocycles. The Morgan fingerprint density at radius 1 is 1.13 bits per heavy atom. The third-order valence-electron chi connectivity index (χ3n) is 6.52. The van der Waals surface area contributed by atoms with E-state index in [1.54, 1.807) is 0 Å². The Labute approximate surface area is 181 Å². The molecule has 0 aliphatic carbocycles. The van der Waals surface area contributed by atoms with Crippen LogP contribution in [0.1, 0.15) is 34.2 Å². The van der Waals surface area contributed by atoms with Crippen molar-refractivity contribution in [1.29, 1.82) is 0 Å². The monoisotopic (exact) mass is 441 g/mol. The summed E-state index contributed by atoms with van der Waals surface area (Å²) in [4.78, 5) is 20.3. The molecule has 1 atom stereocenters. The first kappa shape index (κ1) is 20.1. The zero-order valence-electron chi connectivity index (χ0n) is 17.8. The lowest BCUT2D eigenvalue weighted by Gasteiger charge is -2.36. The van der Waals surface area contributed by atoms with Crippen LogP contribution in [0, 0.1) is 13.8 Å². The summed E-state index contributed by atoms with van der Waals surface area (Å²) in [6.45, 7) is 6.75. The predicted octanol–water partition coefficient (Wildman–Crippen LogP) is 2.30. The number of H-pyrrole nitrogens is 1. The van der Waals surface area contributed by atoms with Gasteiger partial charge in [0.05, 0.1) is 34.6 Å². The van der Waals surface area contributed by atoms with Crippen molar-refractivity contribution in [3.05, 3.63) is 47.4 Å². The van der Waals surface area contributed by atoms with Crippen molar-refractivity contribution in [2.24, 2.45) is 0 Å². The molecule has 1 N–H and O–H groups in total. The first-order chi connectivity index (χ1) is 14.8. The zero-order valence-corrected chi connectivity index (χ0v) is 18.7. The Morgan fingerprint density at radius 2 is 1.90 bits per heavy atom. The summed E-state index contributed by atoms with van der Waals surface area (Å²) in [5.41, 5.74) is 4.74. The van der Waals surface area contributed by atoms with Gasteiger partial charge in [0, 0.05) is 48.8 Å². The van der Waals surface area contributed by atoms with Crippen LogP contribution < -0.4 is 4.90 Å². The van der Waals surface area contributed by atoms with Crippen molar-refractivity contribution in [2.45, 2.75) is 26.3 Å². The van der Waals surface area contributed by atoms with Gasteiger partial charge in [0.25, 0.3) is 5.91 Å². The molecule has 0 bridgehead atoms. The van der Waals surface area contributed by atoms with Crippen LogP contribution in [-0.2, 0) is 9.84 Å². The molecule has 1 aromatic carbocycles. The number of fused-ring (bicyclic) bond motifs is 1. The highest BCUT2D eigenvalue weighted by Gasteiger charge is 2.33. The van der Waals surface area contributed by atoms with E-state index in [0.29, 0.717) is 25.1 Å². The number of hydrogen-bond donors (Lipinski definition) is 1. The van der Waals surface area contributed by atoms with E-state index in [9.17, 15) is 13.2 Å². The molecule has 2 fully saturated rings. The molecule has 0 radical (unpaired) electrons. The number of amides is 1. The van der Waals surface area contributed by atoms with Crippen LogP contribution >= 0.6 is 0 Å². The van der Waals surface area contributed by atoms with E-state index in [2.05, 4.69) is 15.0 Å². The van der Waals surface area contributed by atoms with Gasteiger partial charge in [-0.25, -0.2) is 8.42 Å². The van der Waals surface area contributed by atoms with Gasteiger partial charge in [-0.1, -0.05) is 0 Å². The van der Waals surface area contributed by atoms with Gasteiger partial charge >= 0.3 is 0 Å². The molecule has 1 amide bonds. The molecule has 2 aliphatic heterocycles. The molecule has 0 spiro atoms. The molecule has 164 valence electrons. The Kier molecular flexibility index (Phi) is 4.80. The van der Waals surface area contributed by atoms with Gasteiger partial charge in [0.2, 0.25) is 0 Å². The number of rotatable bonds is 3. The predicted molar refractivity (Wildman–Crippen MR) is 120 cm³/mol. The molecule has 3 aromatic rings. The second-order valence-electron chi connectivity index (χ2n) is 8.58. The summed E-state index contributed by atoms with van der Waals surface area (Å²) in [5, 5.41) is 5.72. The number of aryl methyl sites for hydroxylation is 1. The molecule has 2 saturated heterocycles. The van der Waals surface area contributed by atoms with Crippen LogP contribution in [0.25, 0.3) is 10.9 Å². The fraction of sp³-hybridized carbons (Fsp3) is 0.455. The highest BCUT2D eigenvalue weighted by molar-refractivity contribution is 7.91. The minimum absolute atomic E-state index is 0.0584. The molecule has 4 heterocycles. The van der Waals surface area contributed by atoms with Gasteiger partial charge in [-0.05, 0) is 44.5 Å². The van der Waals surface area contributed by atoms with E-state index < -0.39 is 9.84 Å². The van der Waals surface area contributed by atoms with Gasteiger partial charge in [0.1, 0.15) is 0 Å². The topological polar surface area (TPSA) is 91.3 Å². The smallest absolute Gasteiger partial charge is 0.253 e. The fourth-order valence-corrected chi connectivity index (χ4v) is 6.63. The van der Waals surface area contributed by atoms with Gasteiger partial charge in [-0.2, -0.15) is 5.10 Å². The van der Waals surface area contributed by atoms with E-state index in [-0.39, 0.29) is 23.5 Å². The van der Waals surface area contributed by atoms with Crippen molar-refractivity contribution in [3.63, 3.8) is 0 Å². The number of nitrogens with zero attached hydrogens (tertiary/aromatic N) is 4. The van der Waals surface area contributed by atoms with Crippen LogP contribution in [0.3, 0.4) is 0 Å². The summed E-state index contributed by atoms with van der Waals surface area (Å²) in [7, 11) is -2.96. The molecular formula is C22H27N5O3S. The number of hydrogen-bond acceptors (Lipinski definition) is 5. The quantitative estimate of drug-likeness (QED) is 0.674. The molecule has 5 rings (SSSR count). The maximum Gasteiger partial charge on any atom is 0.253 e. The molecule has 8 nitrogen and oxygen atoms in total. The average Bonchev–Trinajstić information content (AvgIpc) is 3.44. The minimum Gasteiger partial charge on any atom is -0.365 e. The van der Waals surface area contributed by atoms with E-state index in [1.807, 2.05) is 53.9 Å². The Hall–Kier alpha value is -2.81. The SMILES string of the molecule is Cc1nn(C2CCS(=O)(=O)C2)c(C)c1N1CCN(C(=O)c2ccc3[nH]ccc3c2)CC1. The van der Waals surface area contributed by atoms with Crippen molar-refractivity contribution >= 4 is 32.3 Å². The highest BCUT2D eigenvalue weighted by atomic mass is 32.2. The Morgan fingerprint density at radius 3 is 2.61 bits per heavy atom. The number of piperazine rings is 1. The van der Waals surface area contributed by atoms with Crippen LogP contribution in [0.2, 0.25) is 0 Å². The highest BCUT2D eigenvalue weighted by Crippen LogP contribution is 2.32. The fourth-order valence-electron chi connectivity index (χ4n) is 4.94. The summed E-state index contributed by atoms with van der Waals surface area (Å²) in [6, 6.07) is 7.66. The average molecular weight is 442 g/mol. The molecule has 2 aliphatic rings. The lowest BCUT2D eigenvalue weighted by atomic mass is 10.1. The number of benzene rings is 1. The van der Waals surface area contributed by atoms with Gasteiger partial charge in [0.15, 0.2) is 9.84 Å². The van der Waals surface area contributed by atoms with Gasteiger partial charge in [-0.3, -0.25) is 9.48 Å². The molecule has 9 heteroatoms. The summed E-state index contributed by atoms with van der Waals surface area (Å²) in [6.07, 6.45) is 2.50. The lowest BCUT2D eigenvalue weighted by molar-refractivity contribution is 0.0747. The van der Waals surface area contributed by atoms with Gasteiger partial charge < -0.3 is 14.8 Å². The largest absolute Gasteiger partial charge is 0.365 e. The van der Waals surface area contributed by atoms with E-state index in [1.165, 1.54) is 0 Å². The molecular weight excluding hydrogens is 414 g/mol. The van der Waals surface area contributed by atoms with Crippen molar-refractivity contribution in [2.75, 3.05) is 42.6 Å². The first-order valence-electron chi connectivity index (χ1n) is 10.7. The van der Waals surface area contributed by atoms with Crippen LogP contribution in [-0.4, -0.2) is 71.7 Å². The maximum atomic E-state index is 13.0.